The smallest absolute Gasteiger partial charge is 0.255 e. The van der Waals surface area contributed by atoms with Crippen LogP contribution in [0, 0.1) is 0 Å². The van der Waals surface area contributed by atoms with E-state index in [0.29, 0.717) is 77.8 Å². The van der Waals surface area contributed by atoms with Gasteiger partial charge in [-0.3, -0.25) is 34.5 Å². The van der Waals surface area contributed by atoms with E-state index in [0.717, 1.165) is 31.2 Å². The summed E-state index contributed by atoms with van der Waals surface area (Å²) in [4.78, 5) is 61.1. The van der Waals surface area contributed by atoms with Gasteiger partial charge in [-0.2, -0.15) is 0 Å². The Kier molecular flexibility index (Phi) is 11.7. The average molecular weight is 651 g/mol. The van der Waals surface area contributed by atoms with E-state index >= 15 is 0 Å². The zero-order valence-corrected chi connectivity index (χ0v) is 27.3. The predicted octanol–water partition coefficient (Wildman–Crippen LogP) is 4.27. The van der Waals surface area contributed by atoms with Crippen LogP contribution < -0.4 is 31.9 Å². The average Bonchev–Trinajstić information content (AvgIpc) is 3.84. The molecular formula is C36H42N8O4. The highest BCUT2D eigenvalue weighted by Gasteiger charge is 2.19. The molecule has 0 aromatic heterocycles. The molecule has 48 heavy (non-hydrogen) atoms. The Morgan fingerprint density at radius 1 is 0.729 bits per heavy atom. The van der Waals surface area contributed by atoms with E-state index in [9.17, 15) is 19.2 Å². The summed E-state index contributed by atoms with van der Waals surface area (Å²) in [6, 6.07) is 16.6. The third-order valence-electron chi connectivity index (χ3n) is 7.89. The Morgan fingerprint density at radius 2 is 1.31 bits per heavy atom. The lowest BCUT2D eigenvalue weighted by Gasteiger charge is -2.15. The summed E-state index contributed by atoms with van der Waals surface area (Å²) >= 11 is 0. The Hall–Kier alpha value is -5.36. The molecule has 0 saturated carbocycles. The first-order valence-electron chi connectivity index (χ1n) is 16.5. The Morgan fingerprint density at radius 3 is 1.83 bits per heavy atom. The summed E-state index contributed by atoms with van der Waals surface area (Å²) in [5, 5.41) is 18.1. The van der Waals surface area contributed by atoms with E-state index in [4.69, 9.17) is 0 Å². The normalized spacial score (nSPS) is 15.0. The predicted molar refractivity (Wildman–Crippen MR) is 188 cm³/mol. The number of nitrogens with one attached hydrogen (secondary N) is 6. The molecule has 0 aliphatic carbocycles. The molecule has 12 nitrogen and oxygen atoms in total. The second kappa shape index (κ2) is 16.5. The van der Waals surface area contributed by atoms with Gasteiger partial charge in [0.25, 0.3) is 23.6 Å². The van der Waals surface area contributed by atoms with Crippen molar-refractivity contribution >= 4 is 47.1 Å². The third-order valence-corrected chi connectivity index (χ3v) is 7.89. The van der Waals surface area contributed by atoms with Gasteiger partial charge in [0.1, 0.15) is 12.0 Å². The van der Waals surface area contributed by atoms with Crippen molar-refractivity contribution < 1.29 is 19.2 Å². The van der Waals surface area contributed by atoms with Gasteiger partial charge in [-0.05, 0) is 79.1 Å². The van der Waals surface area contributed by atoms with Gasteiger partial charge in [0.15, 0.2) is 0 Å². The van der Waals surface area contributed by atoms with E-state index in [1.54, 1.807) is 66.9 Å². The second-order valence-corrected chi connectivity index (χ2v) is 11.6. The van der Waals surface area contributed by atoms with Gasteiger partial charge in [0.2, 0.25) is 0 Å². The number of amides is 4. The van der Waals surface area contributed by atoms with Crippen molar-refractivity contribution in [1.82, 2.24) is 21.3 Å². The molecule has 250 valence electrons. The minimum atomic E-state index is -0.395. The van der Waals surface area contributed by atoms with Gasteiger partial charge in [-0.15, -0.1) is 0 Å². The molecule has 12 heteroatoms. The highest BCUT2D eigenvalue weighted by Crippen LogP contribution is 2.24. The number of hydrogen-bond donors (Lipinski definition) is 6. The molecule has 2 aliphatic rings. The first-order valence-corrected chi connectivity index (χ1v) is 16.5. The number of rotatable bonds is 14. The quantitative estimate of drug-likeness (QED) is 0.143. The molecule has 0 bridgehead atoms. The van der Waals surface area contributed by atoms with Gasteiger partial charge in [-0.1, -0.05) is 26.7 Å². The molecule has 5 rings (SSSR count). The highest BCUT2D eigenvalue weighted by atomic mass is 16.2. The van der Waals surface area contributed by atoms with E-state index in [1.807, 2.05) is 0 Å². The van der Waals surface area contributed by atoms with Gasteiger partial charge >= 0.3 is 0 Å². The lowest BCUT2D eigenvalue weighted by Crippen LogP contribution is -2.26. The molecule has 2 aliphatic heterocycles. The van der Waals surface area contributed by atoms with Crippen LogP contribution in [0.2, 0.25) is 0 Å². The van der Waals surface area contributed by atoms with Crippen LogP contribution in [0.3, 0.4) is 0 Å². The van der Waals surface area contributed by atoms with E-state index in [1.165, 1.54) is 0 Å². The molecule has 2 heterocycles. The summed E-state index contributed by atoms with van der Waals surface area (Å²) in [6.07, 6.45) is 5.13. The monoisotopic (exact) mass is 650 g/mol. The number of hydrogen-bond acceptors (Lipinski definition) is 8. The number of anilines is 2. The van der Waals surface area contributed by atoms with Crippen LogP contribution in [-0.4, -0.2) is 68.4 Å². The van der Waals surface area contributed by atoms with Gasteiger partial charge in [0.05, 0.1) is 6.54 Å². The van der Waals surface area contributed by atoms with Crippen LogP contribution in [0.1, 0.15) is 98.3 Å². The maximum Gasteiger partial charge on any atom is 0.255 e. The summed E-state index contributed by atoms with van der Waals surface area (Å²) in [5.41, 5.74) is 3.89. The van der Waals surface area contributed by atoms with E-state index in [-0.39, 0.29) is 18.0 Å². The zero-order valence-electron chi connectivity index (χ0n) is 27.3. The standard InChI is InChI=1S/C36H42N8O4/c1-3-5-11-41-33(45)27-17-25(31-37-13-14-38-31)19-29(21-27)43-35(47)23-7-9-24(10-8-23)36(48)44-30-20-26(32-39-15-16-40-32)18-28(22-30)34(46)42-12-6-4-2/h7-10,13,17-22,31,38H,3-6,11-12,14-16H2,1-2H3,(H,39,40)(H,41,45)(H,42,46)(H,43,47)(H,44,48). The van der Waals surface area contributed by atoms with E-state index < -0.39 is 11.8 Å². The molecule has 1 unspecified atom stereocenters. The number of nitrogens with zero attached hydrogens (tertiary/aromatic N) is 2. The van der Waals surface area contributed by atoms with Gasteiger partial charge in [0, 0.05) is 71.6 Å². The van der Waals surface area contributed by atoms with Crippen molar-refractivity contribution in [1.29, 1.82) is 0 Å². The molecule has 0 radical (unpaired) electrons. The molecule has 0 fully saturated rings. The lowest BCUT2D eigenvalue weighted by molar-refractivity contribution is 0.0945. The number of carbonyl (C=O) groups is 4. The number of aliphatic imine (C=N–C) groups is 2. The molecule has 3 aromatic carbocycles. The molecule has 0 spiro atoms. The van der Waals surface area contributed by atoms with Crippen molar-refractivity contribution in [3.05, 3.63) is 94.0 Å². The van der Waals surface area contributed by atoms with Crippen LogP contribution in [0.15, 0.2) is 70.6 Å². The molecule has 1 atom stereocenters. The van der Waals surface area contributed by atoms with Crippen LogP contribution in [-0.2, 0) is 0 Å². The van der Waals surface area contributed by atoms with Crippen LogP contribution >= 0.6 is 0 Å². The van der Waals surface area contributed by atoms with Gasteiger partial charge in [-0.25, -0.2) is 0 Å². The topological polar surface area (TPSA) is 165 Å². The number of carbonyl (C=O) groups excluding carboxylic acids is 4. The lowest BCUT2D eigenvalue weighted by atomic mass is 10.1. The fraction of sp³-hybridized carbons (Fsp3) is 0.333. The maximum atomic E-state index is 13.3. The van der Waals surface area contributed by atoms with Crippen molar-refractivity contribution in [2.75, 3.05) is 43.4 Å². The van der Waals surface area contributed by atoms with Crippen molar-refractivity contribution in [3.8, 4) is 0 Å². The summed E-state index contributed by atoms with van der Waals surface area (Å²) in [5.74, 6) is -0.562. The second-order valence-electron chi connectivity index (χ2n) is 11.6. The Labute approximate surface area is 280 Å². The van der Waals surface area contributed by atoms with Crippen molar-refractivity contribution in [2.45, 2.75) is 45.7 Å². The molecule has 4 amide bonds. The van der Waals surface area contributed by atoms with Crippen molar-refractivity contribution in [2.24, 2.45) is 9.98 Å². The molecule has 0 saturated heterocycles. The van der Waals surface area contributed by atoms with Gasteiger partial charge < -0.3 is 26.6 Å². The van der Waals surface area contributed by atoms with E-state index in [2.05, 4.69) is 55.7 Å². The Balaban J connectivity index is 1.29. The largest absolute Gasteiger partial charge is 0.368 e. The Bertz CT molecular complexity index is 1720. The molecule has 6 N–H and O–H groups in total. The minimum Gasteiger partial charge on any atom is -0.368 e. The maximum absolute atomic E-state index is 13.3. The summed E-state index contributed by atoms with van der Waals surface area (Å²) in [7, 11) is 0. The molecular weight excluding hydrogens is 608 g/mol. The number of benzene rings is 3. The van der Waals surface area contributed by atoms with Crippen LogP contribution in [0.25, 0.3) is 0 Å². The third kappa shape index (κ3) is 8.91. The first kappa shape index (κ1) is 34.0. The SMILES string of the molecule is CCCCNC(=O)c1cc(NC(=O)c2ccc(C(=O)Nc3cc(C(=O)NCCCC)cc(C4N=CCN4)c3)cc2)cc(C2=NCCN2)c1. The van der Waals surface area contributed by atoms with Crippen LogP contribution in [0.5, 0.6) is 0 Å². The highest BCUT2D eigenvalue weighted by molar-refractivity contribution is 6.09. The first-order chi connectivity index (χ1) is 23.3. The summed E-state index contributed by atoms with van der Waals surface area (Å²) < 4.78 is 0. The number of amidine groups is 1. The fourth-order valence-electron chi connectivity index (χ4n) is 5.29. The van der Waals surface area contributed by atoms with Crippen molar-refractivity contribution in [3.63, 3.8) is 0 Å². The van der Waals surface area contributed by atoms with Crippen LogP contribution in [0.4, 0.5) is 11.4 Å². The summed E-state index contributed by atoms with van der Waals surface area (Å²) in [6.45, 7) is 7.20. The number of unbranched alkanes of at least 4 members (excludes halogenated alkanes) is 2. The minimum absolute atomic E-state index is 0.222. The fourth-order valence-corrected chi connectivity index (χ4v) is 5.29. The zero-order chi connectivity index (χ0) is 33.9. The molecule has 3 aromatic rings.